The number of hydrogen-bond acceptors (Lipinski definition) is 2. The summed E-state index contributed by atoms with van der Waals surface area (Å²) in [5.74, 6) is 0.0504. The molecule has 1 heterocycles. The summed E-state index contributed by atoms with van der Waals surface area (Å²) in [6, 6.07) is 1.46. The zero-order chi connectivity index (χ0) is 13.1. The Morgan fingerprint density at radius 2 is 1.75 bits per heavy atom. The summed E-state index contributed by atoms with van der Waals surface area (Å²) in [5.41, 5.74) is 0.537. The Balaban J connectivity index is 0. The third-order valence-corrected chi connectivity index (χ3v) is 1.45. The number of pyridine rings is 1. The summed E-state index contributed by atoms with van der Waals surface area (Å²) < 4.78 is 27.6. The van der Waals surface area contributed by atoms with E-state index in [1.54, 1.807) is 6.92 Å². The first-order chi connectivity index (χ1) is 7.59. The maximum absolute atomic E-state index is 11.7. The normalized spacial score (nSPS) is 8.56. The number of rotatable bonds is 2. The van der Waals surface area contributed by atoms with E-state index in [2.05, 4.69) is 9.72 Å². The average Bonchev–Trinajstić information content (AvgIpc) is 2.28. The molecule has 0 radical (unpaired) electrons. The first kappa shape index (κ1) is 17.5. The zero-order valence-corrected chi connectivity index (χ0v) is 11.0. The van der Waals surface area contributed by atoms with Crippen molar-refractivity contribution in [2.75, 3.05) is 0 Å². The lowest BCUT2D eigenvalue weighted by molar-refractivity contribution is -0.0505. The lowest BCUT2D eigenvalue weighted by Gasteiger charge is -2.06. The summed E-state index contributed by atoms with van der Waals surface area (Å²) in [4.78, 5) is 3.60. The van der Waals surface area contributed by atoms with Crippen molar-refractivity contribution in [1.29, 1.82) is 0 Å². The van der Waals surface area contributed by atoms with Gasteiger partial charge in [-0.25, -0.2) is 4.98 Å². The minimum Gasteiger partial charge on any atom is -0.433 e. The SMILES string of the molecule is CC.CC.Cc1cc(Cl)ncc1OC(F)F. The standard InChI is InChI=1S/C7H6ClF2NO.2C2H6/c1-4-2-6(8)11-3-5(4)12-7(9)10;2*1-2/h2-3,7H,1H3;2*1-2H3. The molecule has 1 rings (SSSR count). The van der Waals surface area contributed by atoms with Crippen molar-refractivity contribution in [2.24, 2.45) is 0 Å². The molecule has 0 fully saturated rings. The van der Waals surface area contributed by atoms with Crippen LogP contribution < -0.4 is 4.74 Å². The van der Waals surface area contributed by atoms with Gasteiger partial charge < -0.3 is 4.74 Å². The fourth-order valence-corrected chi connectivity index (χ4v) is 0.941. The lowest BCUT2D eigenvalue weighted by Crippen LogP contribution is -2.03. The average molecular weight is 254 g/mol. The van der Waals surface area contributed by atoms with Gasteiger partial charge in [0.25, 0.3) is 0 Å². The van der Waals surface area contributed by atoms with Crippen molar-refractivity contribution < 1.29 is 13.5 Å². The molecule has 0 aliphatic carbocycles. The Labute approximate surface area is 101 Å². The molecule has 0 aliphatic heterocycles. The molecule has 1 aromatic heterocycles. The van der Waals surface area contributed by atoms with Crippen molar-refractivity contribution in [3.05, 3.63) is 23.0 Å². The molecule has 0 spiro atoms. The molecule has 2 nitrogen and oxygen atoms in total. The van der Waals surface area contributed by atoms with Crippen molar-refractivity contribution in [2.45, 2.75) is 41.2 Å². The van der Waals surface area contributed by atoms with Crippen molar-refractivity contribution in [3.63, 3.8) is 0 Å². The van der Waals surface area contributed by atoms with Gasteiger partial charge in [0.2, 0.25) is 0 Å². The van der Waals surface area contributed by atoms with Crippen LogP contribution >= 0.6 is 11.6 Å². The monoisotopic (exact) mass is 253 g/mol. The largest absolute Gasteiger partial charge is 0.433 e. The second kappa shape index (κ2) is 10.6. The van der Waals surface area contributed by atoms with Gasteiger partial charge in [0.15, 0.2) is 0 Å². The fraction of sp³-hybridized carbons (Fsp3) is 0.545. The topological polar surface area (TPSA) is 22.1 Å². The zero-order valence-electron chi connectivity index (χ0n) is 10.2. The molecule has 1 aromatic rings. The van der Waals surface area contributed by atoms with Gasteiger partial charge in [-0.3, -0.25) is 0 Å². The van der Waals surface area contributed by atoms with Crippen LogP contribution in [0, 0.1) is 6.92 Å². The molecule has 94 valence electrons. The Bertz CT molecular complexity index is 283. The van der Waals surface area contributed by atoms with Gasteiger partial charge in [-0.05, 0) is 18.6 Å². The maximum atomic E-state index is 11.7. The molecule has 0 aliphatic rings. The van der Waals surface area contributed by atoms with Crippen LogP contribution in [0.15, 0.2) is 12.3 Å². The van der Waals surface area contributed by atoms with Gasteiger partial charge in [0, 0.05) is 0 Å². The number of alkyl halides is 2. The van der Waals surface area contributed by atoms with Gasteiger partial charge in [0.1, 0.15) is 10.9 Å². The van der Waals surface area contributed by atoms with E-state index in [-0.39, 0.29) is 10.9 Å². The van der Waals surface area contributed by atoms with Crippen molar-refractivity contribution >= 4 is 11.6 Å². The van der Waals surface area contributed by atoms with E-state index in [1.165, 1.54) is 12.3 Å². The van der Waals surface area contributed by atoms with Gasteiger partial charge in [-0.2, -0.15) is 8.78 Å². The number of nitrogens with zero attached hydrogens (tertiary/aromatic N) is 1. The molecular formula is C11H18ClF2NO. The third kappa shape index (κ3) is 7.40. The molecule has 0 bridgehead atoms. The van der Waals surface area contributed by atoms with Crippen LogP contribution in [0.3, 0.4) is 0 Å². The molecule has 0 N–H and O–H groups in total. The Kier molecular flexibility index (Phi) is 11.6. The highest BCUT2D eigenvalue weighted by atomic mass is 35.5. The second-order valence-corrected chi connectivity index (χ2v) is 2.54. The summed E-state index contributed by atoms with van der Waals surface area (Å²) in [6.45, 7) is 6.79. The molecule has 0 saturated heterocycles. The number of ether oxygens (including phenoxy) is 1. The van der Waals surface area contributed by atoms with Crippen LogP contribution in [0.2, 0.25) is 5.15 Å². The molecule has 0 saturated carbocycles. The first-order valence-electron chi connectivity index (χ1n) is 5.16. The molecule has 16 heavy (non-hydrogen) atoms. The first-order valence-corrected chi connectivity index (χ1v) is 5.54. The van der Waals surface area contributed by atoms with E-state index in [1.807, 2.05) is 27.7 Å². The van der Waals surface area contributed by atoms with Crippen LogP contribution in [0.1, 0.15) is 33.3 Å². The van der Waals surface area contributed by atoms with Crippen LogP contribution in [0.5, 0.6) is 5.75 Å². The maximum Gasteiger partial charge on any atom is 0.387 e. The number of hydrogen-bond donors (Lipinski definition) is 0. The van der Waals surface area contributed by atoms with Crippen LogP contribution in [0.4, 0.5) is 8.78 Å². The summed E-state index contributed by atoms with van der Waals surface area (Å²) >= 11 is 5.50. The van der Waals surface area contributed by atoms with Crippen molar-refractivity contribution in [3.8, 4) is 5.75 Å². The molecule has 5 heteroatoms. The smallest absolute Gasteiger partial charge is 0.387 e. The van der Waals surface area contributed by atoms with E-state index < -0.39 is 6.61 Å². The molecule has 0 amide bonds. The van der Waals surface area contributed by atoms with Gasteiger partial charge >= 0.3 is 6.61 Å². The summed E-state index contributed by atoms with van der Waals surface area (Å²) in [6.07, 6.45) is 1.17. The Hall–Kier alpha value is -0.900. The van der Waals surface area contributed by atoms with Gasteiger partial charge in [-0.1, -0.05) is 39.3 Å². The predicted octanol–water partition coefficient (Wildman–Crippen LogP) is 4.70. The fourth-order valence-electron chi connectivity index (χ4n) is 0.729. The minimum absolute atomic E-state index is 0.0504. The number of aryl methyl sites for hydroxylation is 1. The quantitative estimate of drug-likeness (QED) is 0.713. The Morgan fingerprint density at radius 3 is 2.12 bits per heavy atom. The highest BCUT2D eigenvalue weighted by molar-refractivity contribution is 6.29. The number of aromatic nitrogens is 1. The second-order valence-electron chi connectivity index (χ2n) is 2.15. The van der Waals surface area contributed by atoms with Gasteiger partial charge in [0.05, 0.1) is 6.20 Å². The molecule has 0 unspecified atom stereocenters. The molecule has 0 aromatic carbocycles. The predicted molar refractivity (Wildman–Crippen MR) is 63.3 cm³/mol. The van der Waals surface area contributed by atoms with E-state index in [9.17, 15) is 8.78 Å². The van der Waals surface area contributed by atoms with Crippen LogP contribution in [0.25, 0.3) is 0 Å². The molecule has 0 atom stereocenters. The minimum atomic E-state index is -2.83. The van der Waals surface area contributed by atoms with E-state index in [0.29, 0.717) is 5.56 Å². The van der Waals surface area contributed by atoms with Crippen molar-refractivity contribution in [1.82, 2.24) is 4.98 Å². The van der Waals surface area contributed by atoms with E-state index in [0.717, 1.165) is 0 Å². The van der Waals surface area contributed by atoms with E-state index >= 15 is 0 Å². The summed E-state index contributed by atoms with van der Waals surface area (Å²) in [5, 5.41) is 0.258. The van der Waals surface area contributed by atoms with Gasteiger partial charge in [-0.15, -0.1) is 0 Å². The highest BCUT2D eigenvalue weighted by Crippen LogP contribution is 2.20. The highest BCUT2D eigenvalue weighted by Gasteiger charge is 2.07. The third-order valence-electron chi connectivity index (χ3n) is 1.25. The van der Waals surface area contributed by atoms with Crippen LogP contribution in [-0.2, 0) is 0 Å². The lowest BCUT2D eigenvalue weighted by atomic mass is 10.3. The molecular weight excluding hydrogens is 236 g/mol. The number of halogens is 3. The Morgan fingerprint density at radius 1 is 1.25 bits per heavy atom. The van der Waals surface area contributed by atoms with E-state index in [4.69, 9.17) is 11.6 Å². The van der Waals surface area contributed by atoms with Crippen LogP contribution in [-0.4, -0.2) is 11.6 Å². The summed E-state index contributed by atoms with van der Waals surface area (Å²) in [7, 11) is 0.